The van der Waals surface area contributed by atoms with Crippen LogP contribution in [0, 0.1) is 13.8 Å². The monoisotopic (exact) mass is 575 g/mol. The molecular formula is C29H26F3O7S-. The topological polar surface area (TPSA) is 94.1 Å². The molecule has 7 nitrogen and oxygen atoms in total. The average molecular weight is 576 g/mol. The first-order valence-corrected chi connectivity index (χ1v) is 13.6. The molecule has 2 aliphatic rings. The fourth-order valence-corrected chi connectivity index (χ4v) is 5.96. The van der Waals surface area contributed by atoms with Gasteiger partial charge >= 0.3 is 12.1 Å². The molecule has 212 valence electrons. The van der Waals surface area contributed by atoms with Crippen molar-refractivity contribution in [2.24, 2.45) is 0 Å². The zero-order valence-electron chi connectivity index (χ0n) is 21.9. The number of carbonyl (C=O) groups is 1. The molecule has 1 aliphatic carbocycles. The predicted octanol–water partition coefficient (Wildman–Crippen LogP) is 6.27. The number of ether oxygens (including phenoxy) is 3. The quantitative estimate of drug-likeness (QED) is 0.242. The molecule has 0 saturated heterocycles. The summed E-state index contributed by atoms with van der Waals surface area (Å²) in [6.07, 6.45) is -4.05. The number of hydrogen-bond donors (Lipinski definition) is 0. The fourth-order valence-electron chi connectivity index (χ4n) is 5.70. The van der Waals surface area contributed by atoms with E-state index in [2.05, 4.69) is 0 Å². The zero-order chi connectivity index (χ0) is 28.8. The van der Waals surface area contributed by atoms with Crippen molar-refractivity contribution in [3.63, 3.8) is 0 Å². The first kappa shape index (κ1) is 28.0. The lowest BCUT2D eigenvalue weighted by molar-refractivity contribution is -0.141. The Bertz CT molecular complexity index is 1480. The van der Waals surface area contributed by atoms with Crippen molar-refractivity contribution in [1.82, 2.24) is 0 Å². The van der Waals surface area contributed by atoms with Gasteiger partial charge in [-0.2, -0.15) is 13.2 Å². The van der Waals surface area contributed by atoms with Crippen LogP contribution in [0.15, 0.2) is 42.5 Å². The summed E-state index contributed by atoms with van der Waals surface area (Å²) in [6, 6.07) is 10.7. The number of benzene rings is 3. The van der Waals surface area contributed by atoms with Crippen LogP contribution in [0.3, 0.4) is 0 Å². The van der Waals surface area contributed by atoms with Gasteiger partial charge in [0.05, 0.1) is 25.7 Å². The van der Waals surface area contributed by atoms with Gasteiger partial charge in [0, 0.05) is 17.5 Å². The number of esters is 1. The van der Waals surface area contributed by atoms with Crippen LogP contribution in [0.1, 0.15) is 58.2 Å². The summed E-state index contributed by atoms with van der Waals surface area (Å²) in [5, 5.41) is 0. The molecule has 1 heterocycles. The Hall–Kier alpha value is -3.57. The normalized spacial score (nSPS) is 18.5. The molecular weight excluding hydrogens is 549 g/mol. The Kier molecular flexibility index (Phi) is 7.54. The summed E-state index contributed by atoms with van der Waals surface area (Å²) >= 11 is -2.81. The SMILES string of the molecule is COC(=O)C[C@@H]1COc2cc(O[C@@H]3CCc4c3ccc(C(F)(F)F)c4-c3c(C)cc(OS(=O)[O-])cc3C)ccc21. The molecule has 3 aromatic rings. The lowest BCUT2D eigenvalue weighted by Gasteiger charge is -2.22. The van der Waals surface area contributed by atoms with Gasteiger partial charge in [-0.05, 0) is 84.3 Å². The van der Waals surface area contributed by atoms with Crippen molar-refractivity contribution >= 4 is 17.3 Å². The van der Waals surface area contributed by atoms with Gasteiger partial charge in [0.2, 0.25) is 0 Å². The van der Waals surface area contributed by atoms with E-state index < -0.39 is 29.2 Å². The Labute approximate surface area is 231 Å². The molecule has 1 aliphatic heterocycles. The number of fused-ring (bicyclic) bond motifs is 2. The molecule has 0 aromatic heterocycles. The van der Waals surface area contributed by atoms with Crippen molar-refractivity contribution < 1.29 is 45.1 Å². The van der Waals surface area contributed by atoms with Crippen LogP contribution in [0.5, 0.6) is 17.2 Å². The first-order chi connectivity index (χ1) is 19.0. The van der Waals surface area contributed by atoms with Gasteiger partial charge in [0.25, 0.3) is 0 Å². The smallest absolute Gasteiger partial charge is 0.417 e. The van der Waals surface area contributed by atoms with Gasteiger partial charge in [-0.3, -0.25) is 4.79 Å². The Morgan fingerprint density at radius 3 is 2.40 bits per heavy atom. The zero-order valence-corrected chi connectivity index (χ0v) is 22.7. The third kappa shape index (κ3) is 5.40. The van der Waals surface area contributed by atoms with E-state index in [4.69, 9.17) is 18.4 Å². The Morgan fingerprint density at radius 2 is 1.75 bits per heavy atom. The van der Waals surface area contributed by atoms with E-state index in [1.165, 1.54) is 25.3 Å². The summed E-state index contributed by atoms with van der Waals surface area (Å²) < 4.78 is 86.2. The third-order valence-electron chi connectivity index (χ3n) is 7.36. The minimum atomic E-state index is -4.61. The maximum Gasteiger partial charge on any atom is 0.417 e. The van der Waals surface area contributed by atoms with Crippen LogP contribution in [0.2, 0.25) is 0 Å². The van der Waals surface area contributed by atoms with Crippen LogP contribution in [0.25, 0.3) is 11.1 Å². The minimum Gasteiger partial charge on any atom is -0.740 e. The second kappa shape index (κ2) is 10.8. The maximum atomic E-state index is 14.2. The molecule has 0 fully saturated rings. The number of hydrogen-bond acceptors (Lipinski definition) is 7. The lowest BCUT2D eigenvalue weighted by atomic mass is 9.86. The molecule has 1 unspecified atom stereocenters. The highest BCUT2D eigenvalue weighted by Gasteiger charge is 2.39. The molecule has 0 spiro atoms. The van der Waals surface area contributed by atoms with E-state index in [0.29, 0.717) is 58.8 Å². The van der Waals surface area contributed by atoms with Crippen LogP contribution in [-0.4, -0.2) is 28.4 Å². The highest BCUT2D eigenvalue weighted by molar-refractivity contribution is 7.74. The van der Waals surface area contributed by atoms with Crippen LogP contribution in [-0.2, 0) is 33.5 Å². The molecule has 40 heavy (non-hydrogen) atoms. The summed E-state index contributed by atoms with van der Waals surface area (Å²) in [6.45, 7) is 3.60. The van der Waals surface area contributed by atoms with Crippen molar-refractivity contribution in [2.75, 3.05) is 13.7 Å². The summed E-state index contributed by atoms with van der Waals surface area (Å²) in [5.74, 6) is 0.693. The summed E-state index contributed by atoms with van der Waals surface area (Å²) in [7, 11) is 1.34. The second-order valence-corrected chi connectivity index (χ2v) is 10.5. The molecule has 3 aromatic carbocycles. The van der Waals surface area contributed by atoms with E-state index in [0.717, 1.165) is 11.6 Å². The number of halogens is 3. The largest absolute Gasteiger partial charge is 0.740 e. The Morgan fingerprint density at radius 1 is 1.05 bits per heavy atom. The molecule has 3 atom stereocenters. The highest BCUT2D eigenvalue weighted by Crippen LogP contribution is 2.48. The van der Waals surface area contributed by atoms with Crippen molar-refractivity contribution in [3.8, 4) is 28.4 Å². The summed E-state index contributed by atoms with van der Waals surface area (Å²) in [4.78, 5) is 11.7. The molecule has 0 saturated carbocycles. The third-order valence-corrected chi connectivity index (χ3v) is 7.69. The van der Waals surface area contributed by atoms with Crippen molar-refractivity contribution in [2.45, 2.75) is 51.3 Å². The van der Waals surface area contributed by atoms with Crippen LogP contribution in [0.4, 0.5) is 13.2 Å². The molecule has 0 radical (unpaired) electrons. The summed E-state index contributed by atoms with van der Waals surface area (Å²) in [5.41, 5.74) is 2.69. The number of methoxy groups -OCH3 is 1. The second-order valence-electron chi connectivity index (χ2n) is 9.91. The van der Waals surface area contributed by atoms with Gasteiger partial charge in [0.1, 0.15) is 34.7 Å². The maximum absolute atomic E-state index is 14.2. The number of aryl methyl sites for hydroxylation is 2. The van der Waals surface area contributed by atoms with Crippen molar-refractivity contribution in [1.29, 1.82) is 0 Å². The predicted molar refractivity (Wildman–Crippen MR) is 139 cm³/mol. The van der Waals surface area contributed by atoms with E-state index in [1.54, 1.807) is 26.0 Å². The number of carbonyl (C=O) groups excluding carboxylic acids is 1. The van der Waals surface area contributed by atoms with E-state index in [1.807, 2.05) is 6.07 Å². The highest BCUT2D eigenvalue weighted by atomic mass is 32.2. The van der Waals surface area contributed by atoms with Gasteiger partial charge in [-0.15, -0.1) is 0 Å². The standard InChI is InChI=1S/C29H27F3O7S/c1-15-10-19(39-40(34)35)11-16(2)27(15)28-22-7-9-24(21(22)6-8-23(28)29(30,31)32)38-18-4-5-20-17(12-26(33)36-3)14-37-25(20)13-18/h4-6,8,10-11,13,17,24H,7,9,12,14H2,1-3H3,(H,34,35)/p-1/t17-,24-/m1/s1. The molecule has 0 bridgehead atoms. The van der Waals surface area contributed by atoms with Gasteiger partial charge < -0.3 is 22.9 Å². The number of alkyl halides is 3. The minimum absolute atomic E-state index is 0.0297. The lowest BCUT2D eigenvalue weighted by Crippen LogP contribution is -2.11. The van der Waals surface area contributed by atoms with E-state index in [9.17, 15) is 26.7 Å². The Balaban J connectivity index is 1.49. The van der Waals surface area contributed by atoms with Gasteiger partial charge in [0.15, 0.2) is 0 Å². The van der Waals surface area contributed by atoms with Crippen LogP contribution < -0.4 is 13.7 Å². The number of rotatable bonds is 7. The van der Waals surface area contributed by atoms with Crippen molar-refractivity contribution in [3.05, 3.63) is 75.8 Å². The fraction of sp³-hybridized carbons (Fsp3) is 0.345. The average Bonchev–Trinajstić information content (AvgIpc) is 3.46. The van der Waals surface area contributed by atoms with E-state index in [-0.39, 0.29) is 29.6 Å². The molecule has 0 N–H and O–H groups in total. The first-order valence-electron chi connectivity index (χ1n) is 12.6. The van der Waals surface area contributed by atoms with E-state index >= 15 is 0 Å². The van der Waals surface area contributed by atoms with Gasteiger partial charge in [-0.1, -0.05) is 12.1 Å². The molecule has 5 rings (SSSR count). The van der Waals surface area contributed by atoms with Crippen LogP contribution >= 0.6 is 0 Å². The molecule has 11 heteroatoms. The molecule has 0 amide bonds. The van der Waals surface area contributed by atoms with Gasteiger partial charge in [-0.25, -0.2) is 4.21 Å².